The van der Waals surface area contributed by atoms with Crippen molar-refractivity contribution in [3.05, 3.63) is 0 Å². The Kier molecular flexibility index (Phi) is 55.4. The number of carbonyl (C=O) groups excluding carboxylic acids is 4. The number of rotatable bonds is 15. The number of ether oxygens (including phenoxy) is 6. The van der Waals surface area contributed by atoms with Crippen LogP contribution in [0.4, 0.5) is 9.59 Å². The standard InChI is InChI=1S/C8H18NO4.C7H16NO3.C6H13NO3.C5H11NO2.C2H5IO.2HI/c1-9(2,4-6-10)5-7-13-8(11)12-3;1-8(2,4-5-9)6-7(10)11-3;1-7(2)4-5-10-6(8)9-3;1-6(2)4-5(7)8-3;3-1-2-4;;/h10H,4-7H2,1-3H3;9H,4-6H2,1-3H3;4-5H2,1-3H3;4H2,1-3H3;4H,1-2H2;2*1H/q2*+1;;;;;/p-2. The van der Waals surface area contributed by atoms with Crippen LogP contribution in [0.15, 0.2) is 0 Å². The van der Waals surface area contributed by atoms with Gasteiger partial charge in [-0.25, -0.2) is 14.4 Å². The Labute approximate surface area is 335 Å². The maximum absolute atomic E-state index is 10.8. The fraction of sp³-hybridized carbons (Fsp3) is 0.857. The van der Waals surface area contributed by atoms with Crippen LogP contribution in [0.5, 0.6) is 0 Å². The molecule has 0 amide bonds. The predicted octanol–water partition coefficient (Wildman–Crippen LogP) is -6.46. The van der Waals surface area contributed by atoms with Crippen molar-refractivity contribution in [2.24, 2.45) is 0 Å². The predicted molar refractivity (Wildman–Crippen MR) is 182 cm³/mol. The first-order valence-electron chi connectivity index (χ1n) is 14.1. The summed E-state index contributed by atoms with van der Waals surface area (Å²) in [7, 11) is 20.4. The number of aliphatic hydroxyl groups is 3. The molecule has 0 saturated carbocycles. The molecule has 0 aromatic heterocycles. The van der Waals surface area contributed by atoms with Crippen molar-refractivity contribution >= 4 is 46.8 Å². The van der Waals surface area contributed by atoms with Gasteiger partial charge in [-0.2, -0.15) is 0 Å². The zero-order valence-electron chi connectivity index (χ0n) is 30.8. The van der Waals surface area contributed by atoms with E-state index >= 15 is 0 Å². The summed E-state index contributed by atoms with van der Waals surface area (Å²) in [5.41, 5.74) is 0. The van der Waals surface area contributed by atoms with Gasteiger partial charge in [0.1, 0.15) is 32.8 Å². The largest absolute Gasteiger partial charge is 1.00 e. The minimum atomic E-state index is -0.663. The average molecular weight is 1040 g/mol. The number of likely N-dealkylation sites (N-methyl/N-ethyl adjacent to an activating group) is 4. The number of quaternary nitrogens is 2. The van der Waals surface area contributed by atoms with Crippen LogP contribution in [0, 0.1) is 0 Å². The van der Waals surface area contributed by atoms with E-state index in [0.29, 0.717) is 61.5 Å². The van der Waals surface area contributed by atoms with Gasteiger partial charge in [-0.05, 0) is 28.2 Å². The molecular weight excluding hydrogens is 981 g/mol. The Balaban J connectivity index is -0.0000000896. The Morgan fingerprint density at radius 3 is 1.29 bits per heavy atom. The quantitative estimate of drug-likeness (QED) is 0.0462. The van der Waals surface area contributed by atoms with E-state index in [1.807, 2.05) is 61.3 Å². The van der Waals surface area contributed by atoms with Crippen LogP contribution in [0.1, 0.15) is 0 Å². The summed E-state index contributed by atoms with van der Waals surface area (Å²) in [5, 5.41) is 25.2. The highest BCUT2D eigenvalue weighted by Gasteiger charge is 2.19. The Morgan fingerprint density at radius 1 is 0.604 bits per heavy atom. The SMILES string of the molecule is COC(=O)CN(C)C.COC(=O)C[N+](C)(C)CCO.COC(=O)OCCN(C)C.COC(=O)OCC[N+](C)(C)CCO.OCCI.[I-].[I-]. The van der Waals surface area contributed by atoms with Crippen LogP contribution in [-0.4, -0.2) is 220 Å². The molecule has 0 unspecified atom stereocenters. The van der Waals surface area contributed by atoms with Crippen molar-refractivity contribution < 1.29 is 120 Å². The lowest BCUT2D eigenvalue weighted by Crippen LogP contribution is -3.00. The first kappa shape index (κ1) is 62.5. The number of esters is 2. The van der Waals surface area contributed by atoms with Crippen LogP contribution >= 0.6 is 22.6 Å². The molecule has 0 fully saturated rings. The third-order valence-electron chi connectivity index (χ3n) is 4.96. The summed E-state index contributed by atoms with van der Waals surface area (Å²) in [6.45, 7) is 4.45. The molecule has 48 heavy (non-hydrogen) atoms. The van der Waals surface area contributed by atoms with Crippen LogP contribution in [-0.2, 0) is 38.0 Å². The fourth-order valence-corrected chi connectivity index (χ4v) is 2.27. The second-order valence-electron chi connectivity index (χ2n) is 10.9. The third kappa shape index (κ3) is 60.7. The van der Waals surface area contributed by atoms with Gasteiger partial charge in [-0.1, -0.05) is 22.6 Å². The number of nitrogens with zero attached hydrogens (tertiary/aromatic N) is 4. The van der Waals surface area contributed by atoms with E-state index in [1.165, 1.54) is 28.4 Å². The molecular formula is C28H63I3N4O13. The molecule has 20 heteroatoms. The summed E-state index contributed by atoms with van der Waals surface area (Å²) < 4.78 is 28.7. The van der Waals surface area contributed by atoms with Gasteiger partial charge in [-0.3, -0.25) is 9.69 Å². The zero-order valence-corrected chi connectivity index (χ0v) is 37.3. The third-order valence-corrected chi connectivity index (χ3v) is 5.44. The Morgan fingerprint density at radius 2 is 1.00 bits per heavy atom. The van der Waals surface area contributed by atoms with Crippen LogP contribution in [0.3, 0.4) is 0 Å². The summed E-state index contributed by atoms with van der Waals surface area (Å²) in [4.78, 5) is 45.7. The molecule has 0 aromatic rings. The zero-order chi connectivity index (χ0) is 37.2. The molecule has 3 N–H and O–H groups in total. The molecule has 0 bridgehead atoms. The molecule has 0 radical (unpaired) electrons. The molecule has 0 aromatic carbocycles. The lowest BCUT2D eigenvalue weighted by molar-refractivity contribution is -0.890. The summed E-state index contributed by atoms with van der Waals surface area (Å²) in [6.07, 6.45) is -1.29. The van der Waals surface area contributed by atoms with Gasteiger partial charge in [-0.15, -0.1) is 0 Å². The Hall–Kier alpha value is -0.610. The number of alkyl halides is 1. The molecule has 17 nitrogen and oxygen atoms in total. The van der Waals surface area contributed by atoms with E-state index in [9.17, 15) is 19.2 Å². The van der Waals surface area contributed by atoms with Crippen molar-refractivity contribution in [3.63, 3.8) is 0 Å². The molecule has 0 aliphatic carbocycles. The average Bonchev–Trinajstić information content (AvgIpc) is 2.96. The normalized spacial score (nSPS) is 9.79. The van der Waals surface area contributed by atoms with Gasteiger partial charge in [0, 0.05) is 11.0 Å². The number of hydrogen-bond acceptors (Lipinski definition) is 15. The summed E-state index contributed by atoms with van der Waals surface area (Å²) in [6, 6.07) is 0. The van der Waals surface area contributed by atoms with E-state index in [1.54, 1.807) is 4.90 Å². The van der Waals surface area contributed by atoms with Gasteiger partial charge < -0.3 is 106 Å². The van der Waals surface area contributed by atoms with Gasteiger partial charge >= 0.3 is 24.2 Å². The van der Waals surface area contributed by atoms with E-state index < -0.39 is 12.3 Å². The lowest BCUT2D eigenvalue weighted by Gasteiger charge is -2.28. The summed E-state index contributed by atoms with van der Waals surface area (Å²) in [5.74, 6) is -0.446. The van der Waals surface area contributed by atoms with Crippen molar-refractivity contribution in [1.29, 1.82) is 0 Å². The fourth-order valence-electron chi connectivity index (χ4n) is 2.27. The molecule has 0 saturated heterocycles. The van der Waals surface area contributed by atoms with Crippen LogP contribution in [0.25, 0.3) is 0 Å². The molecule has 0 aliphatic heterocycles. The number of aliphatic hydroxyl groups excluding tert-OH is 3. The number of halogens is 3. The molecule has 0 spiro atoms. The highest BCUT2D eigenvalue weighted by atomic mass is 127. The van der Waals surface area contributed by atoms with Gasteiger partial charge in [0.25, 0.3) is 0 Å². The lowest BCUT2D eigenvalue weighted by atomic mass is 10.4. The second-order valence-corrected chi connectivity index (χ2v) is 11.9. The molecule has 0 atom stereocenters. The smallest absolute Gasteiger partial charge is 0.508 e. The molecule has 0 rings (SSSR count). The monoisotopic (exact) mass is 1040 g/mol. The van der Waals surface area contributed by atoms with E-state index in [2.05, 4.69) is 46.3 Å². The first-order chi connectivity index (χ1) is 21.3. The second kappa shape index (κ2) is 42.6. The first-order valence-corrected chi connectivity index (χ1v) is 15.7. The van der Waals surface area contributed by atoms with Crippen LogP contribution in [0.2, 0.25) is 0 Å². The minimum Gasteiger partial charge on any atom is -1.00 e. The highest BCUT2D eigenvalue weighted by Crippen LogP contribution is 1.96. The summed E-state index contributed by atoms with van der Waals surface area (Å²) >= 11 is 2.10. The van der Waals surface area contributed by atoms with Gasteiger partial charge in [0.2, 0.25) is 0 Å². The topological polar surface area (TPSA) is 191 Å². The maximum Gasteiger partial charge on any atom is 0.508 e. The van der Waals surface area contributed by atoms with Gasteiger partial charge in [0.05, 0.1) is 83.0 Å². The van der Waals surface area contributed by atoms with Crippen molar-refractivity contribution in [3.8, 4) is 0 Å². The maximum atomic E-state index is 10.8. The number of carbonyl (C=O) groups is 4. The number of hydrogen-bond donors (Lipinski definition) is 3. The highest BCUT2D eigenvalue weighted by molar-refractivity contribution is 14.1. The molecule has 0 heterocycles. The van der Waals surface area contributed by atoms with Crippen molar-refractivity contribution in [2.45, 2.75) is 0 Å². The van der Waals surface area contributed by atoms with Crippen LogP contribution < -0.4 is 48.0 Å². The number of methoxy groups -OCH3 is 4. The Bertz CT molecular complexity index is 751. The molecule has 0 aliphatic rings. The van der Waals surface area contributed by atoms with Crippen molar-refractivity contribution in [2.75, 3.05) is 162 Å². The van der Waals surface area contributed by atoms with Gasteiger partial charge in [0.15, 0.2) is 6.54 Å². The van der Waals surface area contributed by atoms with E-state index in [-0.39, 0.29) is 73.1 Å². The van der Waals surface area contributed by atoms with E-state index in [0.717, 1.165) is 11.0 Å². The molecule has 294 valence electrons. The minimum absolute atomic E-state index is 0. The van der Waals surface area contributed by atoms with Crippen molar-refractivity contribution in [1.82, 2.24) is 9.80 Å². The van der Waals surface area contributed by atoms with E-state index in [4.69, 9.17) is 20.1 Å².